The Hall–Kier alpha value is -2.10. The van der Waals surface area contributed by atoms with Gasteiger partial charge in [-0.2, -0.15) is 0 Å². The van der Waals surface area contributed by atoms with E-state index in [1.54, 1.807) is 19.2 Å². The fourth-order valence-corrected chi connectivity index (χ4v) is 2.42. The highest BCUT2D eigenvalue weighted by molar-refractivity contribution is 5.49. The summed E-state index contributed by atoms with van der Waals surface area (Å²) in [4.78, 5) is 0. The van der Waals surface area contributed by atoms with Crippen LogP contribution in [-0.2, 0) is 11.2 Å². The van der Waals surface area contributed by atoms with E-state index >= 15 is 0 Å². The van der Waals surface area contributed by atoms with E-state index in [9.17, 15) is 10.2 Å². The van der Waals surface area contributed by atoms with Crippen molar-refractivity contribution in [2.45, 2.75) is 31.5 Å². The molecule has 2 rings (SSSR count). The first kappa shape index (κ1) is 17.3. The van der Waals surface area contributed by atoms with Gasteiger partial charge in [-0.1, -0.05) is 54.6 Å². The van der Waals surface area contributed by atoms with E-state index in [1.165, 1.54) is 0 Å². The number of aryl methyl sites for hydroxylation is 1. The van der Waals surface area contributed by atoms with Crippen molar-refractivity contribution in [1.29, 1.82) is 0 Å². The van der Waals surface area contributed by atoms with Crippen molar-refractivity contribution in [3.05, 3.63) is 71.8 Å². The molecular weight excluding hydrogens is 288 g/mol. The summed E-state index contributed by atoms with van der Waals surface area (Å²) in [6.07, 6.45) is 5.49. The van der Waals surface area contributed by atoms with Crippen LogP contribution in [0.4, 0.5) is 0 Å². The fourth-order valence-electron chi connectivity index (χ4n) is 2.42. The average Bonchev–Trinajstić information content (AvgIpc) is 2.59. The molecule has 0 aromatic heterocycles. The van der Waals surface area contributed by atoms with Crippen LogP contribution in [0.1, 0.15) is 24.0 Å². The maximum Gasteiger partial charge on any atom is 0.115 e. The number of aromatic hydroxyl groups is 1. The topological polar surface area (TPSA) is 49.7 Å². The van der Waals surface area contributed by atoms with E-state index in [1.807, 2.05) is 54.6 Å². The molecule has 0 fully saturated rings. The third-order valence-electron chi connectivity index (χ3n) is 3.81. The molecule has 3 heteroatoms. The minimum atomic E-state index is -0.422. The lowest BCUT2D eigenvalue weighted by molar-refractivity contribution is 0.0685. The predicted molar refractivity (Wildman–Crippen MR) is 93.3 cm³/mol. The highest BCUT2D eigenvalue weighted by atomic mass is 16.5. The van der Waals surface area contributed by atoms with Gasteiger partial charge in [0.15, 0.2) is 0 Å². The molecule has 0 amide bonds. The van der Waals surface area contributed by atoms with Crippen LogP contribution in [0, 0.1) is 0 Å². The Kier molecular flexibility index (Phi) is 6.85. The zero-order valence-corrected chi connectivity index (χ0v) is 13.4. The molecular formula is C20H24O3. The zero-order chi connectivity index (χ0) is 16.5. The van der Waals surface area contributed by atoms with Crippen LogP contribution in [0.15, 0.2) is 60.7 Å². The number of phenols is 1. The van der Waals surface area contributed by atoms with E-state index in [4.69, 9.17) is 4.74 Å². The van der Waals surface area contributed by atoms with Gasteiger partial charge in [0.1, 0.15) is 5.75 Å². The zero-order valence-electron chi connectivity index (χ0n) is 13.4. The van der Waals surface area contributed by atoms with Crippen molar-refractivity contribution in [2.75, 3.05) is 7.11 Å². The second-order valence-electron chi connectivity index (χ2n) is 5.64. The molecule has 0 aliphatic carbocycles. The predicted octanol–water partition coefficient (Wildman–Crippen LogP) is 3.80. The summed E-state index contributed by atoms with van der Waals surface area (Å²) in [5.41, 5.74) is 2.23. The van der Waals surface area contributed by atoms with Crippen LogP contribution in [0.3, 0.4) is 0 Å². The fraction of sp³-hybridized carbons (Fsp3) is 0.300. The summed E-state index contributed by atoms with van der Waals surface area (Å²) in [6, 6.07) is 17.1. The van der Waals surface area contributed by atoms with Gasteiger partial charge in [-0.25, -0.2) is 0 Å². The first-order valence-electron chi connectivity index (χ1n) is 7.89. The molecule has 2 atom stereocenters. The number of hydrogen-bond acceptors (Lipinski definition) is 3. The molecule has 0 bridgehead atoms. The van der Waals surface area contributed by atoms with Crippen molar-refractivity contribution < 1.29 is 14.9 Å². The molecule has 2 N–H and O–H groups in total. The summed E-state index contributed by atoms with van der Waals surface area (Å²) in [6.45, 7) is 0. The van der Waals surface area contributed by atoms with E-state index in [0.29, 0.717) is 12.8 Å². The van der Waals surface area contributed by atoms with Gasteiger partial charge in [-0.05, 0) is 36.1 Å². The molecule has 0 heterocycles. The number of ether oxygens (including phenoxy) is 1. The first-order valence-corrected chi connectivity index (χ1v) is 7.89. The van der Waals surface area contributed by atoms with E-state index in [0.717, 1.165) is 17.5 Å². The van der Waals surface area contributed by atoms with Gasteiger partial charge in [0.2, 0.25) is 0 Å². The molecule has 3 nitrogen and oxygen atoms in total. The van der Waals surface area contributed by atoms with Gasteiger partial charge in [0.05, 0.1) is 12.2 Å². The monoisotopic (exact) mass is 312 g/mol. The Balaban J connectivity index is 1.81. The maximum absolute atomic E-state index is 10.2. The maximum atomic E-state index is 10.2. The Bertz CT molecular complexity index is 590. The summed E-state index contributed by atoms with van der Waals surface area (Å²) >= 11 is 0. The van der Waals surface area contributed by atoms with E-state index in [-0.39, 0.29) is 11.9 Å². The van der Waals surface area contributed by atoms with Crippen molar-refractivity contribution in [2.24, 2.45) is 0 Å². The molecule has 0 aliphatic heterocycles. The van der Waals surface area contributed by atoms with E-state index < -0.39 is 6.10 Å². The Morgan fingerprint density at radius 1 is 1.04 bits per heavy atom. The van der Waals surface area contributed by atoms with Gasteiger partial charge < -0.3 is 14.9 Å². The Morgan fingerprint density at radius 2 is 1.74 bits per heavy atom. The minimum Gasteiger partial charge on any atom is -0.508 e. The van der Waals surface area contributed by atoms with Crippen LogP contribution >= 0.6 is 0 Å². The van der Waals surface area contributed by atoms with Gasteiger partial charge >= 0.3 is 0 Å². The standard InChI is InChI=1S/C20H24O3/c1-23-20(14-10-16-5-3-2-4-6-16)15-19(22)13-9-17-7-11-18(21)12-8-17/h2-8,10-12,14,19-22H,9,13,15H2,1H3. The molecule has 122 valence electrons. The quantitative estimate of drug-likeness (QED) is 0.779. The van der Waals surface area contributed by atoms with Crippen LogP contribution < -0.4 is 0 Å². The number of aliphatic hydroxyl groups is 1. The second-order valence-corrected chi connectivity index (χ2v) is 5.64. The Morgan fingerprint density at radius 3 is 2.39 bits per heavy atom. The van der Waals surface area contributed by atoms with E-state index in [2.05, 4.69) is 0 Å². The highest BCUT2D eigenvalue weighted by Crippen LogP contribution is 2.15. The molecule has 0 saturated heterocycles. The normalized spacial score (nSPS) is 14.0. The lowest BCUT2D eigenvalue weighted by Gasteiger charge is -2.16. The highest BCUT2D eigenvalue weighted by Gasteiger charge is 2.11. The van der Waals surface area contributed by atoms with Crippen molar-refractivity contribution in [3.63, 3.8) is 0 Å². The lowest BCUT2D eigenvalue weighted by atomic mass is 10.0. The largest absolute Gasteiger partial charge is 0.508 e. The number of methoxy groups -OCH3 is 1. The molecule has 2 unspecified atom stereocenters. The third-order valence-corrected chi connectivity index (χ3v) is 3.81. The number of aliphatic hydroxyl groups excluding tert-OH is 1. The summed E-state index contributed by atoms with van der Waals surface area (Å²) in [7, 11) is 1.66. The van der Waals surface area contributed by atoms with Crippen LogP contribution in [0.25, 0.3) is 6.08 Å². The summed E-state index contributed by atoms with van der Waals surface area (Å²) < 4.78 is 5.43. The first-order chi connectivity index (χ1) is 11.2. The smallest absolute Gasteiger partial charge is 0.115 e. The summed E-state index contributed by atoms with van der Waals surface area (Å²) in [5.74, 6) is 0.264. The third kappa shape index (κ3) is 6.27. The van der Waals surface area contributed by atoms with Crippen molar-refractivity contribution in [3.8, 4) is 5.75 Å². The number of rotatable bonds is 8. The van der Waals surface area contributed by atoms with Gasteiger partial charge in [0.25, 0.3) is 0 Å². The molecule has 0 saturated carbocycles. The summed E-state index contributed by atoms with van der Waals surface area (Å²) in [5, 5.41) is 19.5. The molecule has 0 aliphatic rings. The van der Waals surface area contributed by atoms with Crippen LogP contribution in [-0.4, -0.2) is 29.5 Å². The van der Waals surface area contributed by atoms with Gasteiger partial charge in [-0.3, -0.25) is 0 Å². The second kappa shape index (κ2) is 9.13. The van der Waals surface area contributed by atoms with Crippen molar-refractivity contribution in [1.82, 2.24) is 0 Å². The van der Waals surface area contributed by atoms with Crippen molar-refractivity contribution >= 4 is 6.08 Å². The number of phenolic OH excluding ortho intramolecular Hbond substituents is 1. The van der Waals surface area contributed by atoms with Crippen LogP contribution in [0.5, 0.6) is 5.75 Å². The molecule has 0 radical (unpaired) electrons. The SMILES string of the molecule is COC(C=Cc1ccccc1)CC(O)CCc1ccc(O)cc1. The molecule has 2 aromatic carbocycles. The lowest BCUT2D eigenvalue weighted by Crippen LogP contribution is -2.18. The average molecular weight is 312 g/mol. The van der Waals surface area contributed by atoms with Gasteiger partial charge in [-0.15, -0.1) is 0 Å². The Labute approximate surface area is 137 Å². The molecule has 0 spiro atoms. The number of hydrogen-bond donors (Lipinski definition) is 2. The molecule has 23 heavy (non-hydrogen) atoms. The minimum absolute atomic E-state index is 0.106. The van der Waals surface area contributed by atoms with Gasteiger partial charge in [0, 0.05) is 13.5 Å². The molecule has 2 aromatic rings. The van der Waals surface area contributed by atoms with Crippen LogP contribution in [0.2, 0.25) is 0 Å². The number of benzene rings is 2.